The van der Waals surface area contributed by atoms with Gasteiger partial charge in [0.25, 0.3) is 0 Å². The summed E-state index contributed by atoms with van der Waals surface area (Å²) in [7, 11) is 0. The number of amides is 3. The molecule has 0 saturated carbocycles. The quantitative estimate of drug-likeness (QED) is 0.704. The van der Waals surface area contributed by atoms with Gasteiger partial charge in [-0.3, -0.25) is 14.4 Å². The molecule has 0 spiro atoms. The molecule has 0 bridgehead atoms. The minimum Gasteiger partial charge on any atom is -0.353 e. The lowest BCUT2D eigenvalue weighted by molar-refractivity contribution is -0.138. The normalized spacial score (nSPS) is 12.2. The van der Waals surface area contributed by atoms with E-state index in [-0.39, 0.29) is 17.9 Å². The highest BCUT2D eigenvalue weighted by Crippen LogP contribution is 2.21. The molecule has 0 radical (unpaired) electrons. The van der Waals surface area contributed by atoms with Crippen LogP contribution in [-0.4, -0.2) is 23.8 Å². The average molecular weight is 319 g/mol. The zero-order valence-corrected chi connectivity index (χ0v) is 14.3. The molecule has 1 aromatic rings. The summed E-state index contributed by atoms with van der Waals surface area (Å²) in [5.41, 5.74) is -0.101. The fourth-order valence-electron chi connectivity index (χ4n) is 1.77. The third-order valence-corrected chi connectivity index (χ3v) is 3.57. The zero-order valence-electron chi connectivity index (χ0n) is 14.3. The molecule has 1 rings (SSSR count). The van der Waals surface area contributed by atoms with E-state index >= 15 is 0 Å². The molecular formula is C17H25N3O3. The summed E-state index contributed by atoms with van der Waals surface area (Å²) in [4.78, 5) is 35.7. The van der Waals surface area contributed by atoms with E-state index in [2.05, 4.69) is 16.0 Å². The van der Waals surface area contributed by atoms with Crippen molar-refractivity contribution in [2.45, 2.75) is 47.1 Å². The highest BCUT2D eigenvalue weighted by atomic mass is 16.2. The number of rotatable bonds is 6. The van der Waals surface area contributed by atoms with Gasteiger partial charge in [-0.2, -0.15) is 0 Å². The molecule has 1 aromatic carbocycles. The van der Waals surface area contributed by atoms with Crippen molar-refractivity contribution in [1.29, 1.82) is 0 Å². The van der Waals surface area contributed by atoms with Gasteiger partial charge in [-0.15, -0.1) is 0 Å². The number of carbonyl (C=O) groups excluding carboxylic acids is 3. The van der Waals surface area contributed by atoms with Crippen LogP contribution in [0.1, 0.15) is 41.0 Å². The summed E-state index contributed by atoms with van der Waals surface area (Å²) in [6.07, 6.45) is 0.794. The second-order valence-electron chi connectivity index (χ2n) is 6.12. The van der Waals surface area contributed by atoms with Gasteiger partial charge in [0.05, 0.1) is 0 Å². The summed E-state index contributed by atoms with van der Waals surface area (Å²) in [5, 5.41) is 8.18. The third-order valence-electron chi connectivity index (χ3n) is 3.57. The van der Waals surface area contributed by atoms with E-state index in [1.165, 1.54) is 6.92 Å². The fourth-order valence-corrected chi connectivity index (χ4v) is 1.77. The maximum atomic E-state index is 12.4. The van der Waals surface area contributed by atoms with Crippen molar-refractivity contribution >= 4 is 29.1 Å². The van der Waals surface area contributed by atoms with Crippen LogP contribution in [0.3, 0.4) is 0 Å². The number of nitrogens with one attached hydrogen (secondary N) is 3. The van der Waals surface area contributed by atoms with Crippen LogP contribution in [0, 0.1) is 5.41 Å². The molecule has 0 aliphatic rings. The van der Waals surface area contributed by atoms with Crippen molar-refractivity contribution in [3.63, 3.8) is 0 Å². The van der Waals surface area contributed by atoms with Gasteiger partial charge in [-0.05, 0) is 45.4 Å². The zero-order chi connectivity index (χ0) is 17.6. The van der Waals surface area contributed by atoms with Crippen molar-refractivity contribution in [2.75, 3.05) is 10.6 Å². The predicted molar refractivity (Wildman–Crippen MR) is 91.1 cm³/mol. The van der Waals surface area contributed by atoms with Crippen molar-refractivity contribution in [1.82, 2.24) is 5.32 Å². The van der Waals surface area contributed by atoms with Gasteiger partial charge in [0, 0.05) is 24.3 Å². The van der Waals surface area contributed by atoms with Crippen LogP contribution in [0.4, 0.5) is 11.4 Å². The Morgan fingerprint density at radius 3 is 2.17 bits per heavy atom. The monoisotopic (exact) mass is 319 g/mol. The van der Waals surface area contributed by atoms with E-state index in [1.54, 1.807) is 38.1 Å². The SMILES string of the molecule is CCC(C)NC(=O)C(C)(C)C(=O)Nc1cccc(NC(C)=O)c1. The lowest BCUT2D eigenvalue weighted by atomic mass is 9.90. The highest BCUT2D eigenvalue weighted by molar-refractivity contribution is 6.10. The van der Waals surface area contributed by atoms with E-state index in [0.29, 0.717) is 11.4 Å². The van der Waals surface area contributed by atoms with Crippen molar-refractivity contribution in [2.24, 2.45) is 5.41 Å². The Labute approximate surface area is 137 Å². The van der Waals surface area contributed by atoms with Crippen LogP contribution in [0.15, 0.2) is 24.3 Å². The molecule has 0 saturated heterocycles. The number of carbonyl (C=O) groups is 3. The molecule has 6 nitrogen and oxygen atoms in total. The van der Waals surface area contributed by atoms with E-state index in [1.807, 2.05) is 13.8 Å². The summed E-state index contributed by atoms with van der Waals surface area (Å²) in [5.74, 6) is -0.914. The molecule has 1 atom stereocenters. The first-order chi connectivity index (χ1) is 10.7. The summed E-state index contributed by atoms with van der Waals surface area (Å²) >= 11 is 0. The third kappa shape index (κ3) is 5.39. The Morgan fingerprint density at radius 1 is 1.09 bits per heavy atom. The van der Waals surface area contributed by atoms with Crippen molar-refractivity contribution in [3.8, 4) is 0 Å². The molecule has 0 heterocycles. The van der Waals surface area contributed by atoms with Crippen LogP contribution in [0.2, 0.25) is 0 Å². The lowest BCUT2D eigenvalue weighted by Gasteiger charge is -2.24. The van der Waals surface area contributed by atoms with E-state index in [9.17, 15) is 14.4 Å². The average Bonchev–Trinajstić information content (AvgIpc) is 2.46. The molecule has 3 N–H and O–H groups in total. The minimum atomic E-state index is -1.20. The number of hydrogen-bond donors (Lipinski definition) is 3. The molecule has 23 heavy (non-hydrogen) atoms. The van der Waals surface area contributed by atoms with Crippen LogP contribution in [0.25, 0.3) is 0 Å². The Bertz CT molecular complexity index is 597. The smallest absolute Gasteiger partial charge is 0.239 e. The minimum absolute atomic E-state index is 0.0117. The first-order valence-corrected chi connectivity index (χ1v) is 7.67. The van der Waals surface area contributed by atoms with Gasteiger partial charge < -0.3 is 16.0 Å². The maximum Gasteiger partial charge on any atom is 0.239 e. The van der Waals surface area contributed by atoms with E-state index in [4.69, 9.17) is 0 Å². The summed E-state index contributed by atoms with van der Waals surface area (Å²) < 4.78 is 0. The van der Waals surface area contributed by atoms with Gasteiger partial charge in [0.2, 0.25) is 17.7 Å². The second-order valence-corrected chi connectivity index (χ2v) is 6.12. The second kappa shape index (κ2) is 7.76. The van der Waals surface area contributed by atoms with Gasteiger partial charge in [0.15, 0.2) is 0 Å². The topological polar surface area (TPSA) is 87.3 Å². The largest absolute Gasteiger partial charge is 0.353 e. The van der Waals surface area contributed by atoms with Crippen molar-refractivity contribution in [3.05, 3.63) is 24.3 Å². The van der Waals surface area contributed by atoms with E-state index < -0.39 is 11.3 Å². The molecule has 0 aromatic heterocycles. The molecule has 3 amide bonds. The number of hydrogen-bond acceptors (Lipinski definition) is 3. The Hall–Kier alpha value is -2.37. The molecule has 126 valence electrons. The number of benzene rings is 1. The molecular weight excluding hydrogens is 294 g/mol. The van der Waals surface area contributed by atoms with Crippen LogP contribution in [0.5, 0.6) is 0 Å². The first-order valence-electron chi connectivity index (χ1n) is 7.67. The molecule has 0 fully saturated rings. The summed E-state index contributed by atoms with van der Waals surface area (Å²) in [6, 6.07) is 6.79. The van der Waals surface area contributed by atoms with Crippen LogP contribution < -0.4 is 16.0 Å². The van der Waals surface area contributed by atoms with Crippen molar-refractivity contribution < 1.29 is 14.4 Å². The highest BCUT2D eigenvalue weighted by Gasteiger charge is 2.36. The standard InChI is InChI=1S/C17H25N3O3/c1-6-11(2)18-15(22)17(4,5)16(23)20-14-9-7-8-13(10-14)19-12(3)21/h7-11H,6H2,1-5H3,(H,18,22)(H,19,21)(H,20,23). The molecule has 0 aliphatic carbocycles. The van der Waals surface area contributed by atoms with Gasteiger partial charge in [-0.1, -0.05) is 13.0 Å². The Balaban J connectivity index is 2.81. The van der Waals surface area contributed by atoms with Gasteiger partial charge in [0.1, 0.15) is 5.41 Å². The first kappa shape index (κ1) is 18.7. The molecule has 1 unspecified atom stereocenters. The molecule has 6 heteroatoms. The van der Waals surface area contributed by atoms with Crippen LogP contribution >= 0.6 is 0 Å². The van der Waals surface area contributed by atoms with Gasteiger partial charge in [-0.25, -0.2) is 0 Å². The van der Waals surface area contributed by atoms with E-state index in [0.717, 1.165) is 6.42 Å². The number of anilines is 2. The predicted octanol–water partition coefficient (Wildman–Crippen LogP) is 2.52. The van der Waals surface area contributed by atoms with Gasteiger partial charge >= 0.3 is 0 Å². The fraction of sp³-hybridized carbons (Fsp3) is 0.471. The molecule has 0 aliphatic heterocycles. The lowest BCUT2D eigenvalue weighted by Crippen LogP contribution is -2.47. The maximum absolute atomic E-state index is 12.4. The Morgan fingerprint density at radius 2 is 1.65 bits per heavy atom. The van der Waals surface area contributed by atoms with Crippen LogP contribution in [-0.2, 0) is 14.4 Å². The summed E-state index contributed by atoms with van der Waals surface area (Å²) in [6.45, 7) is 8.43. The Kier molecular flexibility index (Phi) is 6.30.